The van der Waals surface area contributed by atoms with Crippen molar-refractivity contribution < 1.29 is 23.9 Å². The number of nitrogens with zero attached hydrogens (tertiary/aromatic N) is 1. The third kappa shape index (κ3) is 5.28. The fourth-order valence-corrected chi connectivity index (χ4v) is 4.08. The number of nitrogens with one attached hydrogen (secondary N) is 1. The van der Waals surface area contributed by atoms with Crippen LogP contribution in [0.4, 0.5) is 0 Å². The van der Waals surface area contributed by atoms with Gasteiger partial charge >= 0.3 is 5.97 Å². The van der Waals surface area contributed by atoms with E-state index >= 15 is 0 Å². The highest BCUT2D eigenvalue weighted by Gasteiger charge is 2.54. The topological polar surface area (TPSA) is 92.8 Å². The van der Waals surface area contributed by atoms with Gasteiger partial charge in [-0.25, -0.2) is 4.79 Å². The number of hydrogen-bond donors (Lipinski definition) is 1. The number of esters is 1. The molecule has 12 heteroatoms. The summed E-state index contributed by atoms with van der Waals surface area (Å²) in [6.07, 6.45) is 1.25. The largest absolute Gasteiger partial charge is 0.456 e. The van der Waals surface area contributed by atoms with Crippen molar-refractivity contribution in [2.75, 3.05) is 11.9 Å². The summed E-state index contributed by atoms with van der Waals surface area (Å²) in [5.74, 6) is -2.10. The lowest BCUT2D eigenvalue weighted by Crippen LogP contribution is -2.70. The lowest BCUT2D eigenvalue weighted by Gasteiger charge is -2.49. The average Bonchev–Trinajstić information content (AvgIpc) is 2.55. The molecule has 1 N–H and O–H groups in total. The predicted octanol–water partition coefficient (Wildman–Crippen LogP) is 1.93. The molecule has 2 aliphatic heterocycles. The van der Waals surface area contributed by atoms with Gasteiger partial charge < -0.3 is 10.1 Å². The second-order valence-corrected chi connectivity index (χ2v) is 10.2. The number of hydrogen-bond acceptors (Lipinski definition) is 6. The summed E-state index contributed by atoms with van der Waals surface area (Å²) in [6.45, 7) is 1.37. The van der Waals surface area contributed by atoms with E-state index in [1.807, 2.05) is 6.92 Å². The number of ketones is 1. The monoisotopic (exact) mass is 506 g/mol. The van der Waals surface area contributed by atoms with Gasteiger partial charge in [0.25, 0.3) is 5.91 Å². The molecule has 0 saturated carbocycles. The van der Waals surface area contributed by atoms with E-state index in [9.17, 15) is 19.2 Å². The Bertz CT molecular complexity index is 669. The van der Waals surface area contributed by atoms with Gasteiger partial charge in [-0.05, 0) is 13.0 Å². The van der Waals surface area contributed by atoms with Crippen molar-refractivity contribution in [3.8, 4) is 0 Å². The number of Topliss-reactive ketones (excluding diaryl/α,β-unsaturated/α-hetero) is 1. The number of halogens is 4. The number of thioether (sulfide) groups is 1. The summed E-state index contributed by atoms with van der Waals surface area (Å²) in [5.41, 5.74) is 0.0440. The zero-order chi connectivity index (χ0) is 19.6. The first-order chi connectivity index (χ1) is 12.0. The van der Waals surface area contributed by atoms with Gasteiger partial charge in [0.2, 0.25) is 9.70 Å². The van der Waals surface area contributed by atoms with Crippen LogP contribution in [0.2, 0.25) is 0 Å². The number of amides is 2. The molecule has 2 heterocycles. The van der Waals surface area contributed by atoms with Crippen molar-refractivity contribution in [2.24, 2.45) is 0 Å². The lowest BCUT2D eigenvalue weighted by atomic mass is 10.0. The van der Waals surface area contributed by atoms with Crippen LogP contribution in [-0.4, -0.2) is 60.9 Å². The summed E-state index contributed by atoms with van der Waals surface area (Å²) in [6, 6.07) is -0.817. The average molecular weight is 509 g/mol. The maximum Gasteiger partial charge on any atom is 0.354 e. The Morgan fingerprint density at radius 2 is 2.04 bits per heavy atom. The fourth-order valence-electron chi connectivity index (χ4n) is 2.39. The number of ether oxygens (including phenoxy) is 1. The molecule has 2 rings (SSSR count). The molecule has 0 aromatic carbocycles. The van der Waals surface area contributed by atoms with Crippen molar-refractivity contribution in [3.05, 3.63) is 11.8 Å². The van der Waals surface area contributed by atoms with Crippen molar-refractivity contribution in [1.29, 1.82) is 0 Å². The molecular weight excluding hydrogens is 494 g/mol. The summed E-state index contributed by atoms with van der Waals surface area (Å²) < 4.78 is 3.17. The minimum absolute atomic E-state index is 0.0440. The minimum Gasteiger partial charge on any atom is -0.456 e. The van der Waals surface area contributed by atoms with Crippen molar-refractivity contribution in [1.82, 2.24) is 10.2 Å². The normalized spacial score (nSPS) is 25.0. The standard InChI is InChI=1S/C14H14BrCl3N2O5S/c1-6-2-8(13(24)25-5-14(16,17)18)20-11(23)10(12(20)26-6)19-9(22)3-7(21)4-15/h2,6,10,12H,3-5H2,1H3,(H,19,22)/t6?,10?,12-/m0/s1. The maximum absolute atomic E-state index is 12.4. The van der Waals surface area contributed by atoms with Gasteiger partial charge in [0.1, 0.15) is 23.7 Å². The first-order valence-corrected chi connectivity index (χ1v) is 10.5. The highest BCUT2D eigenvalue weighted by Crippen LogP contribution is 2.41. The van der Waals surface area contributed by atoms with Crippen molar-refractivity contribution >= 4 is 86.1 Å². The van der Waals surface area contributed by atoms with E-state index in [-0.39, 0.29) is 28.5 Å². The van der Waals surface area contributed by atoms with Gasteiger partial charge in [-0.2, -0.15) is 0 Å². The molecule has 0 radical (unpaired) electrons. The Labute approximate surface area is 177 Å². The third-order valence-electron chi connectivity index (χ3n) is 3.45. The molecule has 0 spiro atoms. The Kier molecular flexibility index (Phi) is 7.29. The molecule has 2 amide bonds. The molecule has 2 unspecified atom stereocenters. The number of alkyl halides is 4. The first-order valence-electron chi connectivity index (χ1n) is 7.34. The predicted molar refractivity (Wildman–Crippen MR) is 102 cm³/mol. The maximum atomic E-state index is 12.4. The SMILES string of the molecule is CC1C=C(C(=O)OCC(Cl)(Cl)Cl)N2C(=O)C(NC(=O)CC(=O)CBr)[C@@H]2S1. The number of β-lactam (4-membered cyclic amide) rings is 1. The van der Waals surface area contributed by atoms with E-state index in [1.54, 1.807) is 6.08 Å². The third-order valence-corrected chi connectivity index (χ3v) is 5.73. The summed E-state index contributed by atoms with van der Waals surface area (Å²) in [7, 11) is 0. The van der Waals surface area contributed by atoms with Crippen molar-refractivity contribution in [2.45, 2.75) is 33.8 Å². The summed E-state index contributed by atoms with van der Waals surface area (Å²) >= 11 is 21.0. The van der Waals surface area contributed by atoms with Crippen LogP contribution in [0.15, 0.2) is 11.8 Å². The van der Waals surface area contributed by atoms with E-state index in [0.29, 0.717) is 0 Å². The van der Waals surface area contributed by atoms with Gasteiger partial charge in [-0.15, -0.1) is 11.8 Å². The molecule has 0 aromatic heterocycles. The van der Waals surface area contributed by atoms with Crippen LogP contribution in [0, 0.1) is 0 Å². The molecule has 2 aliphatic rings. The minimum atomic E-state index is -1.76. The van der Waals surface area contributed by atoms with Crippen LogP contribution in [0.25, 0.3) is 0 Å². The van der Waals surface area contributed by atoms with E-state index in [0.717, 1.165) is 0 Å². The molecule has 0 aromatic rings. The zero-order valence-electron chi connectivity index (χ0n) is 13.3. The van der Waals surface area contributed by atoms with E-state index in [2.05, 4.69) is 21.2 Å². The molecule has 7 nitrogen and oxygen atoms in total. The molecule has 26 heavy (non-hydrogen) atoms. The second-order valence-electron chi connectivity index (χ2n) is 5.58. The molecule has 3 atom stereocenters. The van der Waals surface area contributed by atoms with Gasteiger partial charge in [-0.1, -0.05) is 50.7 Å². The number of fused-ring (bicyclic) bond motifs is 1. The van der Waals surface area contributed by atoms with Gasteiger partial charge in [0.15, 0.2) is 5.78 Å². The quantitative estimate of drug-likeness (QED) is 0.255. The van der Waals surface area contributed by atoms with Crippen LogP contribution in [0.3, 0.4) is 0 Å². The van der Waals surface area contributed by atoms with Crippen LogP contribution < -0.4 is 5.32 Å². The van der Waals surface area contributed by atoms with E-state index < -0.39 is 39.6 Å². The molecular formula is C14H14BrCl3N2O5S. The lowest BCUT2D eigenvalue weighted by molar-refractivity contribution is -0.152. The van der Waals surface area contributed by atoms with Crippen LogP contribution in [-0.2, 0) is 23.9 Å². The van der Waals surface area contributed by atoms with E-state index in [1.165, 1.54) is 16.7 Å². The fraction of sp³-hybridized carbons (Fsp3) is 0.571. The number of carbonyl (C=O) groups excluding carboxylic acids is 4. The highest BCUT2D eigenvalue weighted by molar-refractivity contribution is 9.09. The Hall–Kier alpha value is -0.480. The number of rotatable bonds is 6. The zero-order valence-corrected chi connectivity index (χ0v) is 18.0. The van der Waals surface area contributed by atoms with Crippen LogP contribution in [0.1, 0.15) is 13.3 Å². The van der Waals surface area contributed by atoms with Crippen LogP contribution in [0.5, 0.6) is 0 Å². The van der Waals surface area contributed by atoms with Crippen LogP contribution >= 0.6 is 62.5 Å². The summed E-state index contributed by atoms with van der Waals surface area (Å²) in [4.78, 5) is 49.0. The smallest absolute Gasteiger partial charge is 0.354 e. The van der Waals surface area contributed by atoms with Gasteiger partial charge in [-0.3, -0.25) is 19.3 Å². The van der Waals surface area contributed by atoms with Gasteiger partial charge in [0, 0.05) is 5.25 Å². The molecule has 144 valence electrons. The molecule has 0 aliphatic carbocycles. The van der Waals surface area contributed by atoms with E-state index in [4.69, 9.17) is 39.5 Å². The Morgan fingerprint density at radius 3 is 2.62 bits per heavy atom. The Morgan fingerprint density at radius 1 is 1.38 bits per heavy atom. The Balaban J connectivity index is 2.04. The molecule has 1 fully saturated rings. The number of carbonyl (C=O) groups is 4. The molecule has 0 bridgehead atoms. The second kappa shape index (κ2) is 8.68. The highest BCUT2D eigenvalue weighted by atomic mass is 79.9. The van der Waals surface area contributed by atoms with Gasteiger partial charge in [0.05, 0.1) is 11.8 Å². The summed E-state index contributed by atoms with van der Waals surface area (Å²) in [5, 5.41) is 2.01. The first kappa shape index (κ1) is 21.8. The molecule has 1 saturated heterocycles. The van der Waals surface area contributed by atoms with Crippen molar-refractivity contribution in [3.63, 3.8) is 0 Å².